The number of benzene rings is 1. The van der Waals surface area contributed by atoms with Gasteiger partial charge in [-0.2, -0.15) is 0 Å². The van der Waals surface area contributed by atoms with E-state index in [1.807, 2.05) is 25.1 Å². The Morgan fingerprint density at radius 1 is 1.17 bits per heavy atom. The number of hydrogen-bond acceptors (Lipinski definition) is 4. The first-order valence-electron chi connectivity index (χ1n) is 6.16. The van der Waals surface area contributed by atoms with Gasteiger partial charge < -0.3 is 19.5 Å². The van der Waals surface area contributed by atoms with Crippen LogP contribution in [-0.2, 0) is 4.74 Å². The second kappa shape index (κ2) is 7.24. The molecule has 1 N–H and O–H groups in total. The highest BCUT2D eigenvalue weighted by Crippen LogP contribution is 2.31. The van der Waals surface area contributed by atoms with Crippen molar-refractivity contribution in [3.8, 4) is 11.5 Å². The van der Waals surface area contributed by atoms with E-state index in [0.29, 0.717) is 0 Å². The van der Waals surface area contributed by atoms with Gasteiger partial charge in [-0.25, -0.2) is 0 Å². The summed E-state index contributed by atoms with van der Waals surface area (Å²) < 4.78 is 16.1. The lowest BCUT2D eigenvalue weighted by Gasteiger charge is -2.26. The topological polar surface area (TPSA) is 39.7 Å². The Morgan fingerprint density at radius 2 is 1.89 bits per heavy atom. The van der Waals surface area contributed by atoms with E-state index in [0.717, 1.165) is 23.6 Å². The normalized spacial score (nSPS) is 14.1. The average molecular weight is 253 g/mol. The van der Waals surface area contributed by atoms with E-state index < -0.39 is 0 Å². The van der Waals surface area contributed by atoms with Gasteiger partial charge in [0.2, 0.25) is 0 Å². The van der Waals surface area contributed by atoms with E-state index in [1.54, 1.807) is 21.3 Å². The van der Waals surface area contributed by atoms with Crippen LogP contribution in [0.15, 0.2) is 18.2 Å². The van der Waals surface area contributed by atoms with Gasteiger partial charge in [-0.15, -0.1) is 0 Å². The summed E-state index contributed by atoms with van der Waals surface area (Å²) in [6.45, 7) is 4.98. The van der Waals surface area contributed by atoms with E-state index in [1.165, 1.54) is 0 Å². The van der Waals surface area contributed by atoms with E-state index in [2.05, 4.69) is 12.2 Å². The van der Waals surface area contributed by atoms with E-state index in [9.17, 15) is 0 Å². The van der Waals surface area contributed by atoms with Crippen LogP contribution < -0.4 is 14.8 Å². The van der Waals surface area contributed by atoms with Gasteiger partial charge in [0.05, 0.1) is 26.4 Å². The molecular weight excluding hydrogens is 230 g/mol. The van der Waals surface area contributed by atoms with Crippen molar-refractivity contribution < 1.29 is 14.2 Å². The monoisotopic (exact) mass is 253 g/mol. The molecule has 0 amide bonds. The Hall–Kier alpha value is -1.26. The Bertz CT molecular complexity index is 368. The third-order valence-electron chi connectivity index (χ3n) is 3.04. The molecule has 0 aliphatic heterocycles. The predicted octanol–water partition coefficient (Wildman–Crippen LogP) is 2.39. The van der Waals surface area contributed by atoms with Crippen molar-refractivity contribution in [2.24, 2.45) is 0 Å². The van der Waals surface area contributed by atoms with Crippen LogP contribution >= 0.6 is 0 Å². The molecule has 0 aliphatic rings. The molecule has 4 heteroatoms. The molecule has 0 bridgehead atoms. The zero-order valence-electron chi connectivity index (χ0n) is 11.8. The van der Waals surface area contributed by atoms with Gasteiger partial charge in [0.1, 0.15) is 11.5 Å². The van der Waals surface area contributed by atoms with Crippen LogP contribution in [0.3, 0.4) is 0 Å². The largest absolute Gasteiger partial charge is 0.497 e. The van der Waals surface area contributed by atoms with E-state index in [4.69, 9.17) is 14.2 Å². The van der Waals surface area contributed by atoms with Crippen molar-refractivity contribution in [1.29, 1.82) is 0 Å². The zero-order chi connectivity index (χ0) is 13.5. The minimum absolute atomic E-state index is 0.0623. The van der Waals surface area contributed by atoms with Crippen LogP contribution in [-0.4, -0.2) is 34.0 Å². The highest BCUT2D eigenvalue weighted by Gasteiger charge is 2.21. The lowest BCUT2D eigenvalue weighted by Crippen LogP contribution is -2.31. The average Bonchev–Trinajstić information content (AvgIpc) is 2.43. The lowest BCUT2D eigenvalue weighted by atomic mass is 10.0. The van der Waals surface area contributed by atoms with Gasteiger partial charge in [-0.3, -0.25) is 0 Å². The quantitative estimate of drug-likeness (QED) is 0.810. The minimum Gasteiger partial charge on any atom is -0.497 e. The first-order chi connectivity index (χ1) is 8.67. The maximum Gasteiger partial charge on any atom is 0.127 e. The summed E-state index contributed by atoms with van der Waals surface area (Å²) in [7, 11) is 5.03. The van der Waals surface area contributed by atoms with Crippen LogP contribution in [0.1, 0.15) is 25.5 Å². The number of ether oxygens (including phenoxy) is 3. The Balaban J connectivity index is 3.10. The molecule has 1 rings (SSSR count). The number of methoxy groups -OCH3 is 3. The molecule has 1 aromatic rings. The highest BCUT2D eigenvalue weighted by atomic mass is 16.5. The minimum atomic E-state index is 0.0623. The van der Waals surface area contributed by atoms with Gasteiger partial charge in [0.25, 0.3) is 0 Å². The third kappa shape index (κ3) is 3.37. The molecule has 1 aromatic carbocycles. The molecule has 0 radical (unpaired) electrons. The van der Waals surface area contributed by atoms with Gasteiger partial charge in [-0.1, -0.05) is 6.92 Å². The second-order valence-corrected chi connectivity index (χ2v) is 4.08. The smallest absolute Gasteiger partial charge is 0.127 e. The summed E-state index contributed by atoms with van der Waals surface area (Å²) in [5.41, 5.74) is 1.08. The molecule has 0 saturated heterocycles. The van der Waals surface area contributed by atoms with Gasteiger partial charge >= 0.3 is 0 Å². The summed E-state index contributed by atoms with van der Waals surface area (Å²) in [6, 6.07) is 5.94. The molecule has 0 saturated carbocycles. The molecule has 2 unspecified atom stereocenters. The van der Waals surface area contributed by atoms with Gasteiger partial charge in [0.15, 0.2) is 0 Å². The molecule has 4 nitrogen and oxygen atoms in total. The molecule has 0 aromatic heterocycles. The van der Waals surface area contributed by atoms with Crippen LogP contribution in [0.2, 0.25) is 0 Å². The zero-order valence-corrected chi connectivity index (χ0v) is 11.8. The molecule has 102 valence electrons. The summed E-state index contributed by atoms with van der Waals surface area (Å²) >= 11 is 0. The molecule has 0 heterocycles. The van der Waals surface area contributed by atoms with Crippen LogP contribution in [0.25, 0.3) is 0 Å². The first-order valence-corrected chi connectivity index (χ1v) is 6.16. The van der Waals surface area contributed by atoms with E-state index in [-0.39, 0.29) is 12.1 Å². The molecule has 0 fully saturated rings. The Kier molecular flexibility index (Phi) is 5.95. The third-order valence-corrected chi connectivity index (χ3v) is 3.04. The Labute approximate surface area is 109 Å². The molecule has 0 aliphatic carbocycles. The van der Waals surface area contributed by atoms with E-state index >= 15 is 0 Å². The summed E-state index contributed by atoms with van der Waals surface area (Å²) in [4.78, 5) is 0. The number of hydrogen-bond donors (Lipinski definition) is 1. The fraction of sp³-hybridized carbons (Fsp3) is 0.571. The molecule has 2 atom stereocenters. The predicted molar refractivity (Wildman–Crippen MR) is 72.4 cm³/mol. The second-order valence-electron chi connectivity index (χ2n) is 4.08. The maximum absolute atomic E-state index is 5.43. The van der Waals surface area contributed by atoms with Crippen molar-refractivity contribution >= 4 is 0 Å². The van der Waals surface area contributed by atoms with Crippen molar-refractivity contribution in [3.63, 3.8) is 0 Å². The number of nitrogens with one attached hydrogen (secondary N) is 1. The van der Waals surface area contributed by atoms with Crippen molar-refractivity contribution in [3.05, 3.63) is 23.8 Å². The van der Waals surface area contributed by atoms with Crippen LogP contribution in [0.5, 0.6) is 11.5 Å². The molecule has 0 spiro atoms. The molecular formula is C14H23NO3. The van der Waals surface area contributed by atoms with Crippen LogP contribution in [0.4, 0.5) is 0 Å². The lowest BCUT2D eigenvalue weighted by molar-refractivity contribution is 0.0826. The highest BCUT2D eigenvalue weighted by molar-refractivity contribution is 5.43. The van der Waals surface area contributed by atoms with Gasteiger partial charge in [-0.05, 0) is 25.6 Å². The fourth-order valence-electron chi connectivity index (χ4n) is 1.96. The summed E-state index contributed by atoms with van der Waals surface area (Å²) in [5, 5.41) is 3.42. The maximum atomic E-state index is 5.43. The first kappa shape index (κ1) is 14.8. The SMILES string of the molecule is CCNC(c1ccc(OC)cc1OC)C(C)OC. The number of likely N-dealkylation sites (N-methyl/N-ethyl adjacent to an activating group) is 1. The fourth-order valence-corrected chi connectivity index (χ4v) is 1.96. The molecule has 18 heavy (non-hydrogen) atoms. The van der Waals surface area contributed by atoms with Crippen LogP contribution in [0, 0.1) is 0 Å². The van der Waals surface area contributed by atoms with Gasteiger partial charge in [0, 0.05) is 18.7 Å². The van der Waals surface area contributed by atoms with Crippen molar-refractivity contribution in [2.45, 2.75) is 26.0 Å². The number of rotatable bonds is 7. The summed E-state index contributed by atoms with van der Waals surface area (Å²) in [6.07, 6.45) is 0.0623. The van der Waals surface area contributed by atoms with Crippen molar-refractivity contribution in [1.82, 2.24) is 5.32 Å². The summed E-state index contributed by atoms with van der Waals surface area (Å²) in [5.74, 6) is 1.60. The Morgan fingerprint density at radius 3 is 2.39 bits per heavy atom. The van der Waals surface area contributed by atoms with Crippen molar-refractivity contribution in [2.75, 3.05) is 27.9 Å². The standard InChI is InChI=1S/C14H23NO3/c1-6-15-14(10(2)16-3)12-8-7-11(17-4)9-13(12)18-5/h7-10,14-15H,6H2,1-5H3.